The number of anilines is 1. The largest absolute Gasteiger partial charge is 0.397 e. The van der Waals surface area contributed by atoms with E-state index in [4.69, 9.17) is 22.1 Å². The molecule has 1 aromatic heterocycles. The van der Waals surface area contributed by atoms with Crippen LogP contribution in [-0.2, 0) is 4.74 Å². The van der Waals surface area contributed by atoms with Gasteiger partial charge in [-0.25, -0.2) is 4.98 Å². The van der Waals surface area contributed by atoms with E-state index in [9.17, 15) is 4.79 Å². The Balaban J connectivity index is 2.01. The zero-order valence-electron chi connectivity index (χ0n) is 10.9. The molecular weight excluding hydrogens is 266 g/mol. The number of hydrogen-bond donors (Lipinski definition) is 2. The fourth-order valence-corrected chi connectivity index (χ4v) is 2.43. The summed E-state index contributed by atoms with van der Waals surface area (Å²) in [7, 11) is 0. The van der Waals surface area contributed by atoms with Gasteiger partial charge in [0.2, 0.25) is 0 Å². The van der Waals surface area contributed by atoms with Crippen molar-refractivity contribution in [1.82, 2.24) is 10.3 Å². The third-order valence-electron chi connectivity index (χ3n) is 3.44. The maximum Gasteiger partial charge on any atom is 0.254 e. The lowest BCUT2D eigenvalue weighted by molar-refractivity contribution is 0.0538. The summed E-state index contributed by atoms with van der Waals surface area (Å²) < 4.78 is 5.31. The van der Waals surface area contributed by atoms with Crippen LogP contribution in [-0.4, -0.2) is 30.1 Å². The summed E-state index contributed by atoms with van der Waals surface area (Å²) in [5, 5.41) is 3.13. The van der Waals surface area contributed by atoms with Crippen molar-refractivity contribution in [2.75, 3.05) is 18.9 Å². The number of nitrogens with one attached hydrogen (secondary N) is 1. The number of pyridine rings is 1. The number of aromatic nitrogens is 1. The summed E-state index contributed by atoms with van der Waals surface area (Å²) in [5.74, 6) is 0.203. The summed E-state index contributed by atoms with van der Waals surface area (Å²) in [6, 6.07) is 1.62. The zero-order chi connectivity index (χ0) is 13.8. The maximum atomic E-state index is 12.1. The normalized spacial score (nSPS) is 18.0. The molecule has 1 aromatic rings. The minimum Gasteiger partial charge on any atom is -0.397 e. The Bertz CT molecular complexity index is 461. The molecule has 1 fully saturated rings. The Morgan fingerprint density at radius 3 is 2.95 bits per heavy atom. The van der Waals surface area contributed by atoms with E-state index in [1.165, 1.54) is 6.20 Å². The number of halogens is 1. The quantitative estimate of drug-likeness (QED) is 0.830. The van der Waals surface area contributed by atoms with E-state index in [1.54, 1.807) is 6.07 Å². The summed E-state index contributed by atoms with van der Waals surface area (Å²) >= 11 is 5.91. The lowest BCUT2D eigenvalue weighted by atomic mass is 9.93. The van der Waals surface area contributed by atoms with Crippen LogP contribution < -0.4 is 11.1 Å². The SMILES string of the molecule is CC(NC(=O)c1cc(N)cnc1Cl)C1CCOCC1. The molecule has 0 radical (unpaired) electrons. The van der Waals surface area contributed by atoms with Crippen molar-refractivity contribution in [1.29, 1.82) is 0 Å². The fraction of sp³-hybridized carbons (Fsp3) is 0.538. The number of nitrogens with zero attached hydrogens (tertiary/aromatic N) is 1. The molecule has 0 aromatic carbocycles. The molecule has 0 spiro atoms. The Morgan fingerprint density at radius 1 is 1.58 bits per heavy atom. The van der Waals surface area contributed by atoms with E-state index in [1.807, 2.05) is 6.92 Å². The van der Waals surface area contributed by atoms with Gasteiger partial charge in [-0.2, -0.15) is 0 Å². The van der Waals surface area contributed by atoms with Crippen LogP contribution in [0.4, 0.5) is 5.69 Å². The second-order valence-corrected chi connectivity index (χ2v) is 5.18. The number of ether oxygens (including phenoxy) is 1. The van der Waals surface area contributed by atoms with Crippen molar-refractivity contribution in [3.63, 3.8) is 0 Å². The van der Waals surface area contributed by atoms with Gasteiger partial charge in [-0.15, -0.1) is 0 Å². The first-order chi connectivity index (χ1) is 9.08. The molecule has 19 heavy (non-hydrogen) atoms. The second-order valence-electron chi connectivity index (χ2n) is 4.82. The number of rotatable bonds is 3. The smallest absolute Gasteiger partial charge is 0.254 e. The predicted octanol–water partition coefficient (Wildman–Crippen LogP) is 1.86. The van der Waals surface area contributed by atoms with Gasteiger partial charge in [-0.3, -0.25) is 4.79 Å². The van der Waals surface area contributed by atoms with Gasteiger partial charge >= 0.3 is 0 Å². The van der Waals surface area contributed by atoms with Crippen LogP contribution in [0, 0.1) is 5.92 Å². The molecule has 0 saturated carbocycles. The summed E-state index contributed by atoms with van der Waals surface area (Å²) in [5.41, 5.74) is 6.37. The van der Waals surface area contributed by atoms with Crippen molar-refractivity contribution in [3.8, 4) is 0 Å². The molecule has 6 heteroatoms. The number of hydrogen-bond acceptors (Lipinski definition) is 4. The Morgan fingerprint density at radius 2 is 2.26 bits per heavy atom. The molecule has 1 amide bonds. The van der Waals surface area contributed by atoms with Gasteiger partial charge in [0.25, 0.3) is 5.91 Å². The molecule has 2 rings (SSSR count). The van der Waals surface area contributed by atoms with Crippen LogP contribution >= 0.6 is 11.6 Å². The molecule has 104 valence electrons. The zero-order valence-corrected chi connectivity index (χ0v) is 11.6. The average molecular weight is 284 g/mol. The van der Waals surface area contributed by atoms with E-state index in [2.05, 4.69) is 10.3 Å². The van der Waals surface area contributed by atoms with Crippen LogP contribution in [0.1, 0.15) is 30.1 Å². The van der Waals surface area contributed by atoms with E-state index in [0.29, 0.717) is 17.2 Å². The van der Waals surface area contributed by atoms with E-state index in [-0.39, 0.29) is 17.1 Å². The first kappa shape index (κ1) is 14.1. The number of carbonyl (C=O) groups excluding carboxylic acids is 1. The van der Waals surface area contributed by atoms with E-state index < -0.39 is 0 Å². The fourth-order valence-electron chi connectivity index (χ4n) is 2.24. The van der Waals surface area contributed by atoms with Gasteiger partial charge in [-0.1, -0.05) is 11.6 Å². The minimum absolute atomic E-state index is 0.0777. The van der Waals surface area contributed by atoms with Crippen molar-refractivity contribution < 1.29 is 9.53 Å². The van der Waals surface area contributed by atoms with Gasteiger partial charge in [0.1, 0.15) is 5.15 Å². The minimum atomic E-state index is -0.233. The predicted molar refractivity (Wildman–Crippen MR) is 74.1 cm³/mol. The monoisotopic (exact) mass is 283 g/mol. The summed E-state index contributed by atoms with van der Waals surface area (Å²) in [6.07, 6.45) is 3.36. The van der Waals surface area contributed by atoms with Crippen molar-refractivity contribution in [2.24, 2.45) is 5.92 Å². The summed E-state index contributed by atoms with van der Waals surface area (Å²) in [4.78, 5) is 16.0. The molecule has 1 saturated heterocycles. The molecule has 1 aliphatic rings. The van der Waals surface area contributed by atoms with Gasteiger partial charge in [0.15, 0.2) is 0 Å². The van der Waals surface area contributed by atoms with E-state index in [0.717, 1.165) is 26.1 Å². The molecule has 1 atom stereocenters. The number of carbonyl (C=O) groups is 1. The van der Waals surface area contributed by atoms with Gasteiger partial charge in [0.05, 0.1) is 17.4 Å². The first-order valence-corrected chi connectivity index (χ1v) is 6.75. The standard InChI is InChI=1S/C13H18ClN3O2/c1-8(9-2-4-19-5-3-9)17-13(18)11-6-10(15)7-16-12(11)14/h6-9H,2-5,15H2,1H3,(H,17,18). The number of amides is 1. The maximum absolute atomic E-state index is 12.1. The lowest BCUT2D eigenvalue weighted by Gasteiger charge is -2.28. The van der Waals surface area contributed by atoms with Crippen LogP contribution in [0.2, 0.25) is 5.15 Å². The highest BCUT2D eigenvalue weighted by molar-refractivity contribution is 6.32. The topological polar surface area (TPSA) is 77.2 Å². The average Bonchev–Trinajstić information content (AvgIpc) is 2.42. The third kappa shape index (κ3) is 3.58. The Hall–Kier alpha value is -1.33. The molecular formula is C13H18ClN3O2. The van der Waals surface area contributed by atoms with Crippen molar-refractivity contribution >= 4 is 23.2 Å². The van der Waals surface area contributed by atoms with E-state index >= 15 is 0 Å². The number of nitrogen functional groups attached to an aromatic ring is 1. The van der Waals surface area contributed by atoms with Gasteiger partial charge in [-0.05, 0) is 31.7 Å². The Labute approximate surface area is 117 Å². The van der Waals surface area contributed by atoms with Crippen LogP contribution in [0.15, 0.2) is 12.3 Å². The lowest BCUT2D eigenvalue weighted by Crippen LogP contribution is -2.40. The molecule has 0 aliphatic carbocycles. The molecule has 0 bridgehead atoms. The second kappa shape index (κ2) is 6.21. The van der Waals surface area contributed by atoms with Crippen LogP contribution in [0.3, 0.4) is 0 Å². The van der Waals surface area contributed by atoms with Gasteiger partial charge < -0.3 is 15.8 Å². The highest BCUT2D eigenvalue weighted by Gasteiger charge is 2.23. The molecule has 3 N–H and O–H groups in total. The first-order valence-electron chi connectivity index (χ1n) is 6.37. The van der Waals surface area contributed by atoms with Crippen LogP contribution in [0.5, 0.6) is 0 Å². The summed E-state index contributed by atoms with van der Waals surface area (Å²) in [6.45, 7) is 3.51. The highest BCUT2D eigenvalue weighted by Crippen LogP contribution is 2.20. The van der Waals surface area contributed by atoms with Crippen molar-refractivity contribution in [2.45, 2.75) is 25.8 Å². The molecule has 1 unspecified atom stereocenters. The van der Waals surface area contributed by atoms with Gasteiger partial charge in [0, 0.05) is 19.3 Å². The van der Waals surface area contributed by atoms with Crippen molar-refractivity contribution in [3.05, 3.63) is 23.0 Å². The highest BCUT2D eigenvalue weighted by atomic mass is 35.5. The third-order valence-corrected chi connectivity index (χ3v) is 3.74. The van der Waals surface area contributed by atoms with Crippen LogP contribution in [0.25, 0.3) is 0 Å². The molecule has 5 nitrogen and oxygen atoms in total. The molecule has 2 heterocycles. The molecule has 1 aliphatic heterocycles. The number of nitrogens with two attached hydrogens (primary N) is 1. The Kier molecular flexibility index (Phi) is 4.61.